The molecule has 0 atom stereocenters. The lowest BCUT2D eigenvalue weighted by Crippen LogP contribution is -2.23. The molecule has 0 radical (unpaired) electrons. The third-order valence-electron chi connectivity index (χ3n) is 1.35. The van der Waals surface area contributed by atoms with Crippen LogP contribution in [0.25, 0.3) is 0 Å². The van der Waals surface area contributed by atoms with Crippen molar-refractivity contribution in [3.05, 3.63) is 26.9 Å². The van der Waals surface area contributed by atoms with E-state index in [1.54, 1.807) is 0 Å². The van der Waals surface area contributed by atoms with E-state index in [0.717, 1.165) is 12.3 Å². The summed E-state index contributed by atoms with van der Waals surface area (Å²) < 4.78 is 36.3. The molecule has 0 aliphatic rings. The van der Waals surface area contributed by atoms with Crippen LogP contribution in [0.3, 0.4) is 0 Å². The fourth-order valence-corrected chi connectivity index (χ4v) is 1.49. The van der Waals surface area contributed by atoms with Crippen LogP contribution in [-0.4, -0.2) is 16.9 Å². The molecule has 1 aromatic rings. The van der Waals surface area contributed by atoms with Gasteiger partial charge in [0.1, 0.15) is 4.60 Å². The van der Waals surface area contributed by atoms with Crippen molar-refractivity contribution in [1.82, 2.24) is 4.98 Å². The van der Waals surface area contributed by atoms with Crippen molar-refractivity contribution in [2.75, 3.05) is 0 Å². The molecule has 0 bridgehead atoms. The predicted octanol–water partition coefficient (Wildman–Crippen LogP) is 3.35. The lowest BCUT2D eigenvalue weighted by molar-refractivity contribution is -0.0885. The molecule has 0 aromatic carbocycles. The first kappa shape index (κ1) is 11.6. The third kappa shape index (κ3) is 2.33. The zero-order valence-corrected chi connectivity index (χ0v) is 9.57. The molecule has 0 spiro atoms. The molecule has 0 saturated heterocycles. The van der Waals surface area contributed by atoms with Crippen LogP contribution in [0.15, 0.2) is 21.3 Å². The number of aromatic nitrogens is 1. The van der Waals surface area contributed by atoms with E-state index < -0.39 is 17.5 Å². The Morgan fingerprint density at radius 3 is 2.43 bits per heavy atom. The van der Waals surface area contributed by atoms with Gasteiger partial charge in [-0.25, -0.2) is 4.98 Å². The summed E-state index contributed by atoms with van der Waals surface area (Å²) in [6, 6.07) is 1.00. The molecule has 7 heteroatoms. The van der Waals surface area contributed by atoms with E-state index in [1.165, 1.54) is 0 Å². The Bertz CT molecular complexity index is 378. The van der Waals surface area contributed by atoms with Gasteiger partial charge in [0, 0.05) is 11.8 Å². The largest absolute Gasteiger partial charge is 0.454 e. The van der Waals surface area contributed by atoms with Crippen LogP contribution in [0.2, 0.25) is 0 Å². The first-order chi connectivity index (χ1) is 6.34. The van der Waals surface area contributed by atoms with Gasteiger partial charge in [-0.1, -0.05) is 0 Å². The fraction of sp³-hybridized carbons (Fsp3) is 0.143. The van der Waals surface area contributed by atoms with Gasteiger partial charge in [0.15, 0.2) is 0 Å². The molecule has 0 unspecified atom stereocenters. The Balaban J connectivity index is 3.21. The molecule has 0 aliphatic carbocycles. The molecule has 0 saturated carbocycles. The number of hydrogen-bond donors (Lipinski definition) is 0. The van der Waals surface area contributed by atoms with Crippen LogP contribution in [0.5, 0.6) is 0 Å². The minimum atomic E-state index is -4.87. The molecule has 1 rings (SSSR count). The number of halogens is 5. The van der Waals surface area contributed by atoms with Crippen LogP contribution < -0.4 is 0 Å². The van der Waals surface area contributed by atoms with Gasteiger partial charge in [-0.2, -0.15) is 13.2 Å². The maximum atomic E-state index is 12.0. The lowest BCUT2D eigenvalue weighted by Gasteiger charge is -2.07. The normalized spacial score (nSPS) is 11.5. The van der Waals surface area contributed by atoms with Crippen LogP contribution in [-0.2, 0) is 0 Å². The monoisotopic (exact) mass is 331 g/mol. The third-order valence-corrected chi connectivity index (χ3v) is 3.28. The summed E-state index contributed by atoms with van der Waals surface area (Å²) in [4.78, 5) is 14.5. The number of carbonyl (C=O) groups excluding carboxylic acids is 1. The quantitative estimate of drug-likeness (QED) is 0.583. The molecule has 0 amide bonds. The molecular weight excluding hydrogens is 331 g/mol. The molecule has 14 heavy (non-hydrogen) atoms. The Labute approximate surface area is 93.8 Å². The minimum Gasteiger partial charge on any atom is -0.284 e. The van der Waals surface area contributed by atoms with Gasteiger partial charge < -0.3 is 0 Å². The smallest absolute Gasteiger partial charge is 0.284 e. The van der Waals surface area contributed by atoms with Crippen molar-refractivity contribution >= 4 is 37.6 Å². The van der Waals surface area contributed by atoms with Crippen LogP contribution in [0, 0.1) is 0 Å². The number of Topliss-reactive ketones (excluding diaryl/α,β-unsaturated/α-hetero) is 1. The number of alkyl halides is 3. The van der Waals surface area contributed by atoms with Gasteiger partial charge in [0.05, 0.1) is 4.47 Å². The molecule has 2 nitrogen and oxygen atoms in total. The summed E-state index contributed by atoms with van der Waals surface area (Å²) >= 11 is 5.75. The number of pyridine rings is 1. The summed E-state index contributed by atoms with van der Waals surface area (Å²) in [7, 11) is 0. The Morgan fingerprint density at radius 1 is 1.36 bits per heavy atom. The van der Waals surface area contributed by atoms with Crippen molar-refractivity contribution in [3.8, 4) is 0 Å². The average Bonchev–Trinajstić information content (AvgIpc) is 2.07. The Hall–Kier alpha value is -0.430. The SMILES string of the molecule is O=C(c1ccnc(Br)c1Br)C(F)(F)F. The number of nitrogens with zero attached hydrogens (tertiary/aromatic N) is 1. The zero-order valence-electron chi connectivity index (χ0n) is 6.40. The highest BCUT2D eigenvalue weighted by atomic mass is 79.9. The minimum absolute atomic E-state index is 0.00215. The second kappa shape index (κ2) is 3.98. The fourth-order valence-electron chi connectivity index (χ4n) is 0.746. The van der Waals surface area contributed by atoms with Crippen molar-refractivity contribution in [2.45, 2.75) is 6.18 Å². The van der Waals surface area contributed by atoms with Crippen LogP contribution in [0.4, 0.5) is 13.2 Å². The van der Waals surface area contributed by atoms with E-state index in [1.807, 2.05) is 0 Å². The first-order valence-electron chi connectivity index (χ1n) is 3.25. The van der Waals surface area contributed by atoms with Gasteiger partial charge in [0.25, 0.3) is 5.78 Å². The highest BCUT2D eigenvalue weighted by molar-refractivity contribution is 9.13. The topological polar surface area (TPSA) is 30.0 Å². The van der Waals surface area contributed by atoms with Crippen LogP contribution in [0.1, 0.15) is 10.4 Å². The Kier molecular flexibility index (Phi) is 3.31. The molecular formula is C7H2Br2F3NO. The molecule has 76 valence electrons. The number of hydrogen-bond acceptors (Lipinski definition) is 2. The summed E-state index contributed by atoms with van der Waals surface area (Å²) in [6.45, 7) is 0. The highest BCUT2D eigenvalue weighted by Gasteiger charge is 2.40. The predicted molar refractivity (Wildman–Crippen MR) is 50.0 cm³/mol. The summed E-state index contributed by atoms with van der Waals surface area (Å²) in [5, 5.41) is 0. The molecule has 0 aliphatic heterocycles. The number of carbonyl (C=O) groups is 1. The van der Waals surface area contributed by atoms with Gasteiger partial charge in [-0.3, -0.25) is 4.79 Å². The van der Waals surface area contributed by atoms with E-state index in [0.29, 0.717) is 0 Å². The lowest BCUT2D eigenvalue weighted by atomic mass is 10.2. The molecule has 0 N–H and O–H groups in total. The van der Waals surface area contributed by atoms with Crippen molar-refractivity contribution in [1.29, 1.82) is 0 Å². The van der Waals surface area contributed by atoms with E-state index >= 15 is 0 Å². The molecule has 1 heterocycles. The van der Waals surface area contributed by atoms with Crippen molar-refractivity contribution in [2.24, 2.45) is 0 Å². The van der Waals surface area contributed by atoms with Crippen LogP contribution >= 0.6 is 31.9 Å². The summed E-state index contributed by atoms with van der Waals surface area (Å²) in [5.41, 5.74) is -0.459. The first-order valence-corrected chi connectivity index (χ1v) is 4.84. The van der Waals surface area contributed by atoms with E-state index in [9.17, 15) is 18.0 Å². The second-order valence-corrected chi connectivity index (χ2v) is 3.83. The second-order valence-electron chi connectivity index (χ2n) is 2.29. The maximum absolute atomic E-state index is 12.0. The maximum Gasteiger partial charge on any atom is 0.454 e. The van der Waals surface area contributed by atoms with Gasteiger partial charge in [-0.15, -0.1) is 0 Å². The standard InChI is InChI=1S/C7H2Br2F3NO/c8-4-3(1-2-13-6(4)9)5(14)7(10,11)12/h1-2H. The van der Waals surface area contributed by atoms with Gasteiger partial charge >= 0.3 is 6.18 Å². The Morgan fingerprint density at radius 2 is 1.93 bits per heavy atom. The molecule has 1 aromatic heterocycles. The number of rotatable bonds is 1. The van der Waals surface area contributed by atoms with Crippen molar-refractivity contribution < 1.29 is 18.0 Å². The molecule has 0 fully saturated rings. The summed E-state index contributed by atoms with van der Waals surface area (Å²) in [5.74, 6) is -1.90. The zero-order chi connectivity index (χ0) is 10.9. The van der Waals surface area contributed by atoms with Crippen molar-refractivity contribution in [3.63, 3.8) is 0 Å². The van der Waals surface area contributed by atoms with Gasteiger partial charge in [-0.05, 0) is 37.9 Å². The van der Waals surface area contributed by atoms with E-state index in [-0.39, 0.29) is 9.08 Å². The van der Waals surface area contributed by atoms with E-state index in [4.69, 9.17) is 0 Å². The highest BCUT2D eigenvalue weighted by Crippen LogP contribution is 2.29. The average molecular weight is 333 g/mol. The summed E-state index contributed by atoms with van der Waals surface area (Å²) in [6.07, 6.45) is -3.75. The van der Waals surface area contributed by atoms with Gasteiger partial charge in [0.2, 0.25) is 0 Å². The number of ketones is 1. The van der Waals surface area contributed by atoms with E-state index in [2.05, 4.69) is 36.8 Å².